The molecule has 252 valence electrons. The average molecular weight is 708 g/mol. The van der Waals surface area contributed by atoms with E-state index in [0.29, 0.717) is 4.90 Å². The fourth-order valence-electron chi connectivity index (χ4n) is 6.24. The van der Waals surface area contributed by atoms with Gasteiger partial charge in [0.2, 0.25) is 5.36 Å². The maximum absolute atomic E-state index is 12.6. The average Bonchev–Trinajstić information content (AvgIpc) is 3.13. The lowest BCUT2D eigenvalue weighted by Crippen LogP contribution is -2.32. The Kier molecular flexibility index (Phi) is 12.3. The molecule has 0 spiro atoms. The van der Waals surface area contributed by atoms with Crippen LogP contribution < -0.4 is 14.8 Å². The van der Waals surface area contributed by atoms with Crippen molar-refractivity contribution in [1.82, 2.24) is 4.58 Å². The summed E-state index contributed by atoms with van der Waals surface area (Å²) in [4.78, 5) is 5.36. The van der Waals surface area contributed by atoms with E-state index < -0.39 is 11.1 Å². The first-order valence-electron chi connectivity index (χ1n) is 16.9. The van der Waals surface area contributed by atoms with Crippen molar-refractivity contribution in [3.8, 4) is 22.5 Å². The molecule has 0 bridgehead atoms. The minimum atomic E-state index is -2.15. The van der Waals surface area contributed by atoms with Gasteiger partial charge in [0, 0.05) is 75.0 Å². The van der Waals surface area contributed by atoms with Gasteiger partial charge in [-0.2, -0.15) is 0 Å². The quantitative estimate of drug-likeness (QED) is 0.0497. The Bertz CT molecular complexity index is 2050. The van der Waals surface area contributed by atoms with E-state index in [1.807, 2.05) is 41.7 Å². The molecule has 1 aliphatic carbocycles. The van der Waals surface area contributed by atoms with Gasteiger partial charge in [0.15, 0.2) is 17.6 Å². The highest BCUT2D eigenvalue weighted by Gasteiger charge is 2.22. The second-order valence-electron chi connectivity index (χ2n) is 11.9. The van der Waals surface area contributed by atoms with E-state index in [-0.39, 0.29) is 0 Å². The number of hydrogen-bond donors (Lipinski definition) is 1. The molecule has 1 aliphatic heterocycles. The maximum atomic E-state index is 12.6. The lowest BCUT2D eigenvalue weighted by Gasteiger charge is -2.25. The lowest BCUT2D eigenvalue weighted by molar-refractivity contribution is 0.564. The van der Waals surface area contributed by atoms with Crippen LogP contribution in [-0.4, -0.2) is 46.4 Å². The summed E-state index contributed by atoms with van der Waals surface area (Å²) < 4.78 is 32.1. The van der Waals surface area contributed by atoms with Crippen LogP contribution in [0.25, 0.3) is 33.4 Å². The molecule has 1 heterocycles. The van der Waals surface area contributed by atoms with Crippen LogP contribution in [0.15, 0.2) is 140 Å². The second-order valence-corrected chi connectivity index (χ2v) is 15.2. The van der Waals surface area contributed by atoms with Gasteiger partial charge in [-0.25, -0.2) is 8.78 Å². The molecule has 5 nitrogen and oxygen atoms in total. The zero-order chi connectivity index (χ0) is 34.0. The zero-order valence-corrected chi connectivity index (χ0v) is 30.5. The molecule has 4 aromatic carbocycles. The molecule has 4 aromatic rings. The van der Waals surface area contributed by atoms with Crippen molar-refractivity contribution in [3.05, 3.63) is 127 Å². The third-order valence-corrected chi connectivity index (χ3v) is 11.2. The smallest absolute Gasteiger partial charge is 0.203 e. The number of benzene rings is 5. The van der Waals surface area contributed by atoms with E-state index in [2.05, 4.69) is 120 Å². The van der Waals surface area contributed by atoms with Crippen molar-refractivity contribution in [2.45, 2.75) is 41.4 Å². The van der Waals surface area contributed by atoms with Crippen molar-refractivity contribution >= 4 is 51.3 Å². The van der Waals surface area contributed by atoms with Crippen LogP contribution in [0.5, 0.6) is 0 Å². The largest absolute Gasteiger partial charge is 0.456 e. The minimum Gasteiger partial charge on any atom is -0.456 e. The Morgan fingerprint density at radius 1 is 0.714 bits per heavy atom. The minimum absolute atomic E-state index is 0.389. The van der Waals surface area contributed by atoms with Crippen molar-refractivity contribution < 1.29 is 13.2 Å². The van der Waals surface area contributed by atoms with Crippen LogP contribution in [-0.2, 0) is 11.1 Å². The maximum Gasteiger partial charge on any atom is 0.203 e. The molecule has 0 fully saturated rings. The summed E-state index contributed by atoms with van der Waals surface area (Å²) >= 11 is 1.59. The van der Waals surface area contributed by atoms with Gasteiger partial charge in [0.25, 0.3) is 0 Å². The van der Waals surface area contributed by atoms with Gasteiger partial charge < -0.3 is 13.9 Å². The fraction of sp³-hybridized carbons (Fsp3) is 0.244. The van der Waals surface area contributed by atoms with E-state index in [4.69, 9.17) is 4.42 Å². The molecule has 0 radical (unpaired) electrons. The van der Waals surface area contributed by atoms with E-state index in [0.717, 1.165) is 95.0 Å². The summed E-state index contributed by atoms with van der Waals surface area (Å²) in [6.07, 6.45) is 2.06. The Labute approximate surface area is 300 Å². The molecular weight excluding hydrogens is 665 g/mol. The van der Waals surface area contributed by atoms with Gasteiger partial charge in [0.05, 0.1) is 16.7 Å². The molecule has 0 saturated heterocycles. The number of hydrogen-bond acceptors (Lipinski definition) is 5. The Hall–Kier alpha value is -3.82. The molecular formula is C41H43N2O3S3+. The number of rotatable bonds is 15. The summed E-state index contributed by atoms with van der Waals surface area (Å²) in [5.74, 6) is 2.70. The Balaban J connectivity index is 1.44. The number of thioether (sulfide) groups is 2. The van der Waals surface area contributed by atoms with Crippen LogP contribution in [0.2, 0.25) is 0 Å². The molecule has 1 atom stereocenters. The zero-order valence-electron chi connectivity index (χ0n) is 28.1. The number of fused-ring (bicyclic) bond motifs is 2. The molecule has 2 aliphatic rings. The third kappa shape index (κ3) is 8.68. The molecule has 0 saturated carbocycles. The van der Waals surface area contributed by atoms with Crippen LogP contribution in [0.4, 0.5) is 5.69 Å². The summed E-state index contributed by atoms with van der Waals surface area (Å²) in [5.41, 5.74) is 4.44. The van der Waals surface area contributed by atoms with E-state index in [1.54, 1.807) is 6.07 Å². The Morgan fingerprint density at radius 2 is 1.41 bits per heavy atom. The van der Waals surface area contributed by atoms with Crippen LogP contribution in [0.1, 0.15) is 26.7 Å². The summed E-state index contributed by atoms with van der Waals surface area (Å²) in [6, 6.07) is 41.3. The van der Waals surface area contributed by atoms with Gasteiger partial charge in [-0.3, -0.25) is 0 Å². The highest BCUT2D eigenvalue weighted by molar-refractivity contribution is 7.99. The van der Waals surface area contributed by atoms with E-state index in [9.17, 15) is 8.76 Å². The summed E-state index contributed by atoms with van der Waals surface area (Å²) in [7, 11) is 0. The highest BCUT2D eigenvalue weighted by Crippen LogP contribution is 2.42. The predicted octanol–water partition coefficient (Wildman–Crippen LogP) is 9.77. The molecule has 8 heteroatoms. The fourth-order valence-corrected chi connectivity index (χ4v) is 8.58. The van der Waals surface area contributed by atoms with E-state index in [1.165, 1.54) is 9.79 Å². The van der Waals surface area contributed by atoms with Crippen LogP contribution in [0, 0.1) is 0 Å². The summed E-state index contributed by atoms with van der Waals surface area (Å²) in [6.45, 7) is 8.10. The van der Waals surface area contributed by atoms with E-state index >= 15 is 0 Å². The SMILES string of the molecule is CCCN(CCSc1ccccc1)c1ccc2c(-c3ccccc3S(=O)O)c3ccc(=[N+](CCC)CCSc4ccccc4)cc-3oc2c1. The van der Waals surface area contributed by atoms with Gasteiger partial charge in [0.1, 0.15) is 17.9 Å². The molecule has 1 unspecified atom stereocenters. The van der Waals surface area contributed by atoms with Gasteiger partial charge in [-0.15, -0.1) is 23.5 Å². The predicted molar refractivity (Wildman–Crippen MR) is 209 cm³/mol. The van der Waals surface area contributed by atoms with Gasteiger partial charge in [-0.05, 0) is 55.0 Å². The monoisotopic (exact) mass is 707 g/mol. The van der Waals surface area contributed by atoms with Gasteiger partial charge in [-0.1, -0.05) is 68.4 Å². The van der Waals surface area contributed by atoms with Crippen molar-refractivity contribution in [3.63, 3.8) is 0 Å². The molecule has 0 amide bonds. The van der Waals surface area contributed by atoms with Crippen molar-refractivity contribution in [1.29, 1.82) is 0 Å². The van der Waals surface area contributed by atoms with Gasteiger partial charge >= 0.3 is 0 Å². The number of nitrogens with zero attached hydrogens (tertiary/aromatic N) is 2. The molecule has 1 N–H and O–H groups in total. The topological polar surface area (TPSA) is 56.7 Å². The van der Waals surface area contributed by atoms with Crippen LogP contribution in [0.3, 0.4) is 0 Å². The molecule has 49 heavy (non-hydrogen) atoms. The van der Waals surface area contributed by atoms with Crippen LogP contribution >= 0.6 is 23.5 Å². The Morgan fingerprint density at radius 3 is 2.10 bits per heavy atom. The van der Waals surface area contributed by atoms with Crippen molar-refractivity contribution in [2.24, 2.45) is 0 Å². The normalized spacial score (nSPS) is 12.7. The lowest BCUT2D eigenvalue weighted by atomic mass is 9.93. The second kappa shape index (κ2) is 17.2. The first kappa shape index (κ1) is 35.0. The molecule has 0 aromatic heterocycles. The number of anilines is 1. The van der Waals surface area contributed by atoms with Crippen molar-refractivity contribution in [2.75, 3.05) is 42.6 Å². The molecule has 6 rings (SSSR count). The first-order valence-corrected chi connectivity index (χ1v) is 20.0. The first-order chi connectivity index (χ1) is 24.1. The summed E-state index contributed by atoms with van der Waals surface area (Å²) in [5, 5.41) is 2.03. The standard InChI is InChI=1S/C41H42N2O3S3/c1-3-23-42(25-27-47-33-13-7-5-8-14-33)31-19-21-35-38(29-31)46-39-30-32(43(24-4-2)26-28-48-34-15-9-6-10-16-34)20-22-36(39)41(35)37-17-11-12-18-40(37)49(44)45/h5-22,29-30H,3-4,23-28H2,1-2H3/p+1. The highest BCUT2D eigenvalue weighted by atomic mass is 32.2. The third-order valence-electron chi connectivity index (χ3n) is 8.50.